The molecule has 0 unspecified atom stereocenters. The summed E-state index contributed by atoms with van der Waals surface area (Å²) in [6.07, 6.45) is 0. The first-order valence-corrected chi connectivity index (χ1v) is 13.6. The lowest BCUT2D eigenvalue weighted by Gasteiger charge is -2.04. The highest BCUT2D eigenvalue weighted by molar-refractivity contribution is 6.15. The highest BCUT2D eigenvalue weighted by Crippen LogP contribution is 2.39. The SMILES string of the molecule is c1ccc2cc(-c3ccc4c(c3)oc3cc5oc6cc(-c7ccc8ccccc8c7)ccc6c5cc34)ccc2c1. The lowest BCUT2D eigenvalue weighted by Crippen LogP contribution is -1.79. The molecule has 0 amide bonds. The molecule has 0 saturated heterocycles. The van der Waals surface area contributed by atoms with Crippen molar-refractivity contribution in [2.45, 2.75) is 0 Å². The van der Waals surface area contributed by atoms with Gasteiger partial charge in [0.25, 0.3) is 0 Å². The topological polar surface area (TPSA) is 26.3 Å². The maximum Gasteiger partial charge on any atom is 0.139 e. The fraction of sp³-hybridized carbons (Fsp3) is 0. The molecular weight excluding hydrogens is 488 g/mol. The van der Waals surface area contributed by atoms with E-state index in [-0.39, 0.29) is 0 Å². The van der Waals surface area contributed by atoms with Gasteiger partial charge in [0.1, 0.15) is 22.3 Å². The second kappa shape index (κ2) is 8.08. The van der Waals surface area contributed by atoms with Crippen LogP contribution in [0.3, 0.4) is 0 Å². The van der Waals surface area contributed by atoms with Crippen LogP contribution in [-0.2, 0) is 0 Å². The van der Waals surface area contributed by atoms with E-state index in [2.05, 4.69) is 127 Å². The Morgan fingerprint density at radius 3 is 1.18 bits per heavy atom. The highest BCUT2D eigenvalue weighted by atomic mass is 16.3. The van der Waals surface area contributed by atoms with Gasteiger partial charge in [-0.1, -0.05) is 84.9 Å². The standard InChI is InChI=1S/C38H22O2/c1-3-7-25-17-27(11-9-23(25)5-1)29-13-15-31-33-21-34-32-16-14-30(28-12-10-24-6-2-4-8-26(24)18-28)20-36(32)40-38(34)22-37(33)39-35(31)19-29/h1-22H. The van der Waals surface area contributed by atoms with E-state index in [9.17, 15) is 0 Å². The fourth-order valence-corrected chi connectivity index (χ4v) is 6.14. The molecule has 0 radical (unpaired) electrons. The smallest absolute Gasteiger partial charge is 0.139 e. The quantitative estimate of drug-likeness (QED) is 0.231. The van der Waals surface area contributed by atoms with Crippen LogP contribution in [0.4, 0.5) is 0 Å². The molecule has 186 valence electrons. The number of benzene rings is 7. The monoisotopic (exact) mass is 510 g/mol. The maximum absolute atomic E-state index is 6.38. The van der Waals surface area contributed by atoms with Crippen LogP contribution in [0, 0.1) is 0 Å². The van der Waals surface area contributed by atoms with Gasteiger partial charge in [0, 0.05) is 27.6 Å². The van der Waals surface area contributed by atoms with Gasteiger partial charge in [0.05, 0.1) is 0 Å². The van der Waals surface area contributed by atoms with Gasteiger partial charge in [0.15, 0.2) is 0 Å². The second-order valence-electron chi connectivity index (χ2n) is 10.6. The molecule has 2 nitrogen and oxygen atoms in total. The Labute approximate surface area is 229 Å². The van der Waals surface area contributed by atoms with E-state index in [0.29, 0.717) is 0 Å². The highest BCUT2D eigenvalue weighted by Gasteiger charge is 2.15. The summed E-state index contributed by atoms with van der Waals surface area (Å²) in [4.78, 5) is 0. The molecule has 2 heteroatoms. The van der Waals surface area contributed by atoms with Gasteiger partial charge in [-0.3, -0.25) is 0 Å². The Bertz CT molecular complexity index is 2270. The van der Waals surface area contributed by atoms with Crippen molar-refractivity contribution in [3.8, 4) is 22.3 Å². The molecule has 0 aliphatic carbocycles. The largest absolute Gasteiger partial charge is 0.456 e. The van der Waals surface area contributed by atoms with Crippen LogP contribution in [0.2, 0.25) is 0 Å². The number of furan rings is 2. The van der Waals surface area contributed by atoms with Gasteiger partial charge in [-0.15, -0.1) is 0 Å². The molecule has 0 spiro atoms. The van der Waals surface area contributed by atoms with Gasteiger partial charge in [-0.05, 0) is 86.3 Å². The van der Waals surface area contributed by atoms with E-state index in [0.717, 1.165) is 55.0 Å². The Hall–Kier alpha value is -5.34. The van der Waals surface area contributed by atoms with Gasteiger partial charge < -0.3 is 8.83 Å². The molecule has 0 aliphatic heterocycles. The fourth-order valence-electron chi connectivity index (χ4n) is 6.14. The van der Waals surface area contributed by atoms with Crippen LogP contribution in [0.25, 0.3) is 87.7 Å². The summed E-state index contributed by atoms with van der Waals surface area (Å²) in [6.45, 7) is 0. The minimum atomic E-state index is 0.840. The summed E-state index contributed by atoms with van der Waals surface area (Å²) in [5.74, 6) is 0. The minimum Gasteiger partial charge on any atom is -0.456 e. The van der Waals surface area contributed by atoms with Crippen molar-refractivity contribution >= 4 is 65.4 Å². The maximum atomic E-state index is 6.38. The minimum absolute atomic E-state index is 0.840. The van der Waals surface area contributed by atoms with E-state index in [1.807, 2.05) is 6.07 Å². The number of rotatable bonds is 2. The van der Waals surface area contributed by atoms with Crippen LogP contribution < -0.4 is 0 Å². The molecule has 0 atom stereocenters. The summed E-state index contributed by atoms with van der Waals surface area (Å²) >= 11 is 0. The van der Waals surface area contributed by atoms with Crippen molar-refractivity contribution in [1.82, 2.24) is 0 Å². The third-order valence-corrected chi connectivity index (χ3v) is 8.23. The Morgan fingerprint density at radius 2 is 0.675 bits per heavy atom. The Balaban J connectivity index is 1.16. The first-order chi connectivity index (χ1) is 19.8. The van der Waals surface area contributed by atoms with Crippen molar-refractivity contribution in [2.24, 2.45) is 0 Å². The molecule has 0 N–H and O–H groups in total. The van der Waals surface area contributed by atoms with E-state index in [1.54, 1.807) is 0 Å². The average molecular weight is 511 g/mol. The van der Waals surface area contributed by atoms with Gasteiger partial charge in [-0.2, -0.15) is 0 Å². The van der Waals surface area contributed by atoms with Gasteiger partial charge in [-0.25, -0.2) is 0 Å². The number of hydrogen-bond donors (Lipinski definition) is 0. The molecule has 0 bridgehead atoms. The second-order valence-corrected chi connectivity index (χ2v) is 10.6. The van der Waals surface area contributed by atoms with Crippen molar-refractivity contribution in [1.29, 1.82) is 0 Å². The zero-order valence-corrected chi connectivity index (χ0v) is 21.5. The van der Waals surface area contributed by atoms with Crippen LogP contribution in [-0.4, -0.2) is 0 Å². The third-order valence-electron chi connectivity index (χ3n) is 8.23. The van der Waals surface area contributed by atoms with Crippen LogP contribution in [0.1, 0.15) is 0 Å². The Morgan fingerprint density at radius 1 is 0.275 bits per heavy atom. The number of fused-ring (bicyclic) bond motifs is 8. The normalized spacial score (nSPS) is 12.0. The van der Waals surface area contributed by atoms with E-state index >= 15 is 0 Å². The predicted octanol–water partition coefficient (Wildman–Crippen LogP) is 11.1. The molecule has 0 fully saturated rings. The molecule has 0 saturated carbocycles. The number of hydrogen-bond acceptors (Lipinski definition) is 2. The molecule has 40 heavy (non-hydrogen) atoms. The average Bonchev–Trinajstić information content (AvgIpc) is 3.55. The molecule has 9 aromatic rings. The van der Waals surface area contributed by atoms with Crippen LogP contribution in [0.15, 0.2) is 142 Å². The summed E-state index contributed by atoms with van der Waals surface area (Å²) in [7, 11) is 0. The molecule has 9 rings (SSSR count). The first-order valence-electron chi connectivity index (χ1n) is 13.6. The first kappa shape index (κ1) is 21.6. The molecule has 7 aromatic carbocycles. The van der Waals surface area contributed by atoms with Crippen molar-refractivity contribution in [3.63, 3.8) is 0 Å². The lowest BCUT2D eigenvalue weighted by atomic mass is 9.99. The predicted molar refractivity (Wildman–Crippen MR) is 167 cm³/mol. The third kappa shape index (κ3) is 3.23. The molecule has 2 heterocycles. The summed E-state index contributed by atoms with van der Waals surface area (Å²) < 4.78 is 12.8. The van der Waals surface area contributed by atoms with Crippen LogP contribution >= 0.6 is 0 Å². The summed E-state index contributed by atoms with van der Waals surface area (Å²) in [5.41, 5.74) is 8.11. The zero-order valence-electron chi connectivity index (χ0n) is 21.5. The van der Waals surface area contributed by atoms with Gasteiger partial charge >= 0.3 is 0 Å². The molecule has 0 aliphatic rings. The van der Waals surface area contributed by atoms with E-state index in [4.69, 9.17) is 8.83 Å². The summed E-state index contributed by atoms with van der Waals surface area (Å²) in [5, 5.41) is 9.40. The molecule has 2 aromatic heterocycles. The van der Waals surface area contributed by atoms with Crippen LogP contribution in [0.5, 0.6) is 0 Å². The van der Waals surface area contributed by atoms with Crippen molar-refractivity contribution < 1.29 is 8.83 Å². The zero-order chi connectivity index (χ0) is 26.2. The summed E-state index contributed by atoms with van der Waals surface area (Å²) in [6, 6.07) is 47.4. The lowest BCUT2D eigenvalue weighted by molar-refractivity contribution is 0.656. The molecular formula is C38H22O2. The van der Waals surface area contributed by atoms with Gasteiger partial charge in [0.2, 0.25) is 0 Å². The van der Waals surface area contributed by atoms with Crippen molar-refractivity contribution in [3.05, 3.63) is 133 Å². The Kier molecular flexibility index (Phi) is 4.36. The van der Waals surface area contributed by atoms with Crippen molar-refractivity contribution in [2.75, 3.05) is 0 Å². The van der Waals surface area contributed by atoms with E-state index in [1.165, 1.54) is 32.7 Å². The van der Waals surface area contributed by atoms with E-state index < -0.39 is 0 Å².